The van der Waals surface area contributed by atoms with E-state index >= 15 is 0 Å². The number of nitrogens with zero attached hydrogens (tertiary/aromatic N) is 2. The Kier molecular flexibility index (Phi) is 6.76. The highest BCUT2D eigenvalue weighted by molar-refractivity contribution is 8.02. The summed E-state index contributed by atoms with van der Waals surface area (Å²) in [6.07, 6.45) is 1.92. The van der Waals surface area contributed by atoms with Crippen LogP contribution in [0.5, 0.6) is 5.75 Å². The molecule has 0 radical (unpaired) electrons. The molecular weight excluding hydrogens is 442 g/mol. The molecule has 0 amide bonds. The van der Waals surface area contributed by atoms with Crippen LogP contribution >= 0.6 is 11.8 Å². The summed E-state index contributed by atoms with van der Waals surface area (Å²) < 4.78 is 5.32. The van der Waals surface area contributed by atoms with Crippen LogP contribution in [0.15, 0.2) is 101 Å². The predicted molar refractivity (Wildman–Crippen MR) is 138 cm³/mol. The number of benzene rings is 3. The second-order valence-corrected chi connectivity index (χ2v) is 8.69. The van der Waals surface area contributed by atoms with Gasteiger partial charge in [0, 0.05) is 11.3 Å². The van der Waals surface area contributed by atoms with E-state index in [0.29, 0.717) is 21.7 Å². The monoisotopic (exact) mass is 467 g/mol. The number of methoxy groups -OCH3 is 1. The van der Waals surface area contributed by atoms with Gasteiger partial charge in [0.15, 0.2) is 5.78 Å². The Morgan fingerprint density at radius 3 is 2.24 bits per heavy atom. The minimum atomic E-state index is -0.490. The molecule has 3 aromatic rings. The number of carbonyl (C=O) groups excluding carboxylic acids is 1. The fourth-order valence-electron chi connectivity index (χ4n) is 4.11. The van der Waals surface area contributed by atoms with Crippen LogP contribution in [0.25, 0.3) is 0 Å². The molecule has 0 aliphatic carbocycles. The van der Waals surface area contributed by atoms with Gasteiger partial charge in [-0.15, -0.1) is 11.8 Å². The maximum atomic E-state index is 13.7. The van der Waals surface area contributed by atoms with E-state index in [0.717, 1.165) is 22.6 Å². The van der Waals surface area contributed by atoms with Gasteiger partial charge in [0.25, 0.3) is 0 Å². The van der Waals surface area contributed by atoms with Crippen LogP contribution in [0.4, 0.5) is 5.69 Å². The molecule has 1 atom stereocenters. The molecule has 1 unspecified atom stereocenters. The van der Waals surface area contributed by atoms with Gasteiger partial charge in [-0.2, -0.15) is 5.26 Å². The topological polar surface area (TPSA) is 79.3 Å². The highest BCUT2D eigenvalue weighted by atomic mass is 32.2. The largest absolute Gasteiger partial charge is 0.497 e. The second-order valence-electron chi connectivity index (χ2n) is 7.90. The first-order chi connectivity index (χ1) is 16.5. The zero-order valence-electron chi connectivity index (χ0n) is 19.3. The van der Waals surface area contributed by atoms with Crippen LogP contribution < -0.4 is 15.4 Å². The van der Waals surface area contributed by atoms with E-state index in [-0.39, 0.29) is 11.5 Å². The molecule has 6 heteroatoms. The average molecular weight is 468 g/mol. The van der Waals surface area contributed by atoms with E-state index < -0.39 is 6.04 Å². The zero-order valence-corrected chi connectivity index (χ0v) is 20.1. The van der Waals surface area contributed by atoms with Gasteiger partial charge >= 0.3 is 0 Å². The first kappa shape index (κ1) is 23.2. The summed E-state index contributed by atoms with van der Waals surface area (Å²) in [5.41, 5.74) is 10.8. The Hall–Kier alpha value is -3.95. The number of nitrogens with two attached hydrogens (primary N) is 1. The number of ether oxygens (including phenoxy) is 1. The lowest BCUT2D eigenvalue weighted by atomic mass is 9.88. The quantitative estimate of drug-likeness (QED) is 0.465. The highest BCUT2D eigenvalue weighted by Crippen LogP contribution is 2.46. The molecule has 0 bridgehead atoms. The molecule has 34 heavy (non-hydrogen) atoms. The smallest absolute Gasteiger partial charge is 0.197 e. The number of hydrogen-bond donors (Lipinski definition) is 1. The zero-order chi connectivity index (χ0) is 24.2. The van der Waals surface area contributed by atoms with E-state index in [1.807, 2.05) is 84.8 Å². The summed E-state index contributed by atoms with van der Waals surface area (Å²) >= 11 is 1.44. The van der Waals surface area contributed by atoms with E-state index in [4.69, 9.17) is 10.5 Å². The van der Waals surface area contributed by atoms with Gasteiger partial charge in [-0.1, -0.05) is 60.2 Å². The number of anilines is 1. The number of rotatable bonds is 6. The Morgan fingerprint density at radius 1 is 1.03 bits per heavy atom. The highest BCUT2D eigenvalue weighted by Gasteiger charge is 2.38. The van der Waals surface area contributed by atoms with Crippen LogP contribution in [0.3, 0.4) is 0 Å². The standard InChI is InChI=1S/C28H25N3O2S/c1-18-9-11-20(12-10-18)27(32)24-25(30)23(17-29)26(19-13-15-22(33-2)16-14-19)31(28(24)34-3)21-7-5-4-6-8-21/h4-16,26H,30H2,1-3H3. The van der Waals surface area contributed by atoms with Gasteiger partial charge in [-0.05, 0) is 43.0 Å². The molecule has 0 saturated heterocycles. The van der Waals surface area contributed by atoms with Gasteiger partial charge in [0.1, 0.15) is 5.75 Å². The third-order valence-corrected chi connectivity index (χ3v) is 6.63. The Morgan fingerprint density at radius 2 is 1.68 bits per heavy atom. The molecule has 0 fully saturated rings. The third-order valence-electron chi connectivity index (χ3n) is 5.84. The van der Waals surface area contributed by atoms with Crippen LogP contribution in [0.2, 0.25) is 0 Å². The minimum absolute atomic E-state index is 0.205. The fraction of sp³-hybridized carbons (Fsp3) is 0.143. The lowest BCUT2D eigenvalue weighted by Gasteiger charge is -2.40. The van der Waals surface area contributed by atoms with Crippen LogP contribution in [-0.4, -0.2) is 19.1 Å². The van der Waals surface area contributed by atoms with Gasteiger partial charge in [0.2, 0.25) is 0 Å². The molecule has 170 valence electrons. The van der Waals surface area contributed by atoms with E-state index in [2.05, 4.69) is 6.07 Å². The number of nitriles is 1. The van der Waals surface area contributed by atoms with Crippen molar-refractivity contribution in [1.29, 1.82) is 5.26 Å². The Bertz CT molecular complexity index is 1300. The second kappa shape index (κ2) is 9.90. The number of ketones is 1. The summed E-state index contributed by atoms with van der Waals surface area (Å²) in [4.78, 5) is 15.7. The summed E-state index contributed by atoms with van der Waals surface area (Å²) in [7, 11) is 1.61. The molecular formula is C28H25N3O2S. The van der Waals surface area contributed by atoms with Crippen LogP contribution in [-0.2, 0) is 0 Å². The summed E-state index contributed by atoms with van der Waals surface area (Å²) in [6.45, 7) is 1.97. The van der Waals surface area contributed by atoms with Gasteiger partial charge in [0.05, 0.1) is 41.1 Å². The first-order valence-electron chi connectivity index (χ1n) is 10.8. The summed E-state index contributed by atoms with van der Waals surface area (Å²) in [5.74, 6) is 0.515. The molecule has 1 aliphatic rings. The fourth-order valence-corrected chi connectivity index (χ4v) is 4.93. The predicted octanol–water partition coefficient (Wildman–Crippen LogP) is 5.76. The van der Waals surface area contributed by atoms with Crippen LogP contribution in [0, 0.1) is 18.3 Å². The van der Waals surface area contributed by atoms with Crippen molar-refractivity contribution in [3.63, 3.8) is 0 Å². The number of thioether (sulfide) groups is 1. The van der Waals surface area contributed by atoms with Gasteiger partial charge < -0.3 is 15.4 Å². The van der Waals surface area contributed by atoms with Crippen molar-refractivity contribution in [3.8, 4) is 11.8 Å². The Labute approximate surface area is 204 Å². The molecule has 3 aromatic carbocycles. The number of Topliss-reactive ketones (excluding diaryl/α,β-unsaturated/α-hetero) is 1. The van der Waals surface area contributed by atoms with Crippen molar-refractivity contribution in [2.45, 2.75) is 13.0 Å². The molecule has 2 N–H and O–H groups in total. The van der Waals surface area contributed by atoms with Gasteiger partial charge in [-0.25, -0.2) is 0 Å². The van der Waals surface area contributed by atoms with Crippen molar-refractivity contribution < 1.29 is 9.53 Å². The maximum absolute atomic E-state index is 13.7. The number of carbonyl (C=O) groups is 1. The SMILES string of the molecule is COc1ccc(C2C(C#N)=C(N)C(C(=O)c3ccc(C)cc3)=C(SC)N2c2ccccc2)cc1. The first-order valence-corrected chi connectivity index (χ1v) is 12.0. The van der Waals surface area contributed by atoms with Gasteiger partial charge in [-0.3, -0.25) is 4.79 Å². The van der Waals surface area contributed by atoms with Crippen molar-refractivity contribution in [3.05, 3.63) is 117 Å². The number of hydrogen-bond acceptors (Lipinski definition) is 6. The molecule has 5 nitrogen and oxygen atoms in total. The average Bonchev–Trinajstić information content (AvgIpc) is 2.88. The van der Waals surface area contributed by atoms with E-state index in [1.165, 1.54) is 11.8 Å². The van der Waals surface area contributed by atoms with Crippen LogP contribution in [0.1, 0.15) is 27.5 Å². The molecule has 1 aliphatic heterocycles. The van der Waals surface area contributed by atoms with Crippen molar-refractivity contribution in [1.82, 2.24) is 0 Å². The normalized spacial score (nSPS) is 15.8. The molecule has 1 heterocycles. The van der Waals surface area contributed by atoms with E-state index in [1.54, 1.807) is 19.2 Å². The van der Waals surface area contributed by atoms with Crippen molar-refractivity contribution in [2.24, 2.45) is 5.73 Å². The minimum Gasteiger partial charge on any atom is -0.497 e. The maximum Gasteiger partial charge on any atom is 0.197 e. The van der Waals surface area contributed by atoms with E-state index in [9.17, 15) is 10.1 Å². The molecule has 0 aromatic heterocycles. The lowest BCUT2D eigenvalue weighted by molar-refractivity contribution is 0.103. The summed E-state index contributed by atoms with van der Waals surface area (Å²) in [5, 5.41) is 10.9. The number of para-hydroxylation sites is 1. The molecule has 4 rings (SSSR count). The molecule has 0 saturated carbocycles. The summed E-state index contributed by atoms with van der Waals surface area (Å²) in [6, 6.07) is 26.5. The lowest BCUT2D eigenvalue weighted by Crippen LogP contribution is -2.36. The van der Waals surface area contributed by atoms with Crippen molar-refractivity contribution in [2.75, 3.05) is 18.3 Å². The Balaban J connectivity index is 1.97. The van der Waals surface area contributed by atoms with Crippen molar-refractivity contribution >= 4 is 23.2 Å². The molecule has 0 spiro atoms. The number of allylic oxidation sites excluding steroid dienone is 1. The third kappa shape index (κ3) is 4.18. The number of aryl methyl sites for hydroxylation is 1.